The van der Waals surface area contributed by atoms with Crippen molar-refractivity contribution in [3.8, 4) is 0 Å². The molecule has 2 aliphatic heterocycles. The Bertz CT molecular complexity index is 892. The van der Waals surface area contributed by atoms with Gasteiger partial charge in [-0.05, 0) is 66.1 Å². The van der Waals surface area contributed by atoms with E-state index in [9.17, 15) is 9.59 Å². The maximum absolute atomic E-state index is 13.2. The standard InChI is InChI=1S/C21H26N6O2/c28-19(18-6-4-17(5-7-18)13-27-15-22-23-24-27)26-11-9-21(14-26)8-1-10-25(20(21)29)12-16-2-3-16/h4-7,15-16H,1-3,8-14H2. The molecule has 1 unspecified atom stereocenters. The van der Waals surface area contributed by atoms with Crippen molar-refractivity contribution in [2.24, 2.45) is 11.3 Å². The number of benzene rings is 1. The molecule has 3 heterocycles. The van der Waals surface area contributed by atoms with Crippen LogP contribution in [0.5, 0.6) is 0 Å². The van der Waals surface area contributed by atoms with Crippen molar-refractivity contribution in [1.29, 1.82) is 0 Å². The van der Waals surface area contributed by atoms with E-state index in [2.05, 4.69) is 20.4 Å². The molecule has 1 saturated carbocycles. The average Bonchev–Trinajstić information content (AvgIpc) is 3.22. The summed E-state index contributed by atoms with van der Waals surface area (Å²) >= 11 is 0. The molecule has 29 heavy (non-hydrogen) atoms. The van der Waals surface area contributed by atoms with Gasteiger partial charge in [0.25, 0.3) is 5.91 Å². The van der Waals surface area contributed by atoms with Crippen LogP contribution in [0.2, 0.25) is 0 Å². The largest absolute Gasteiger partial charge is 0.342 e. The summed E-state index contributed by atoms with van der Waals surface area (Å²) < 4.78 is 1.64. The highest BCUT2D eigenvalue weighted by molar-refractivity contribution is 5.95. The third-order valence-corrected chi connectivity index (χ3v) is 6.58. The molecule has 3 fully saturated rings. The van der Waals surface area contributed by atoms with Crippen molar-refractivity contribution in [3.05, 3.63) is 41.7 Å². The highest BCUT2D eigenvalue weighted by Crippen LogP contribution is 2.42. The molecular weight excluding hydrogens is 368 g/mol. The van der Waals surface area contributed by atoms with E-state index in [1.165, 1.54) is 12.8 Å². The Balaban J connectivity index is 1.24. The molecule has 1 aromatic carbocycles. The van der Waals surface area contributed by atoms with Crippen LogP contribution in [0.1, 0.15) is 48.0 Å². The van der Waals surface area contributed by atoms with Crippen molar-refractivity contribution < 1.29 is 9.59 Å². The quantitative estimate of drug-likeness (QED) is 0.769. The van der Waals surface area contributed by atoms with Gasteiger partial charge >= 0.3 is 0 Å². The fraction of sp³-hybridized carbons (Fsp3) is 0.571. The molecular formula is C21H26N6O2. The van der Waals surface area contributed by atoms with Crippen LogP contribution in [0.3, 0.4) is 0 Å². The number of likely N-dealkylation sites (tertiary alicyclic amines) is 2. The summed E-state index contributed by atoms with van der Waals surface area (Å²) in [5, 5.41) is 11.1. The molecule has 5 rings (SSSR count). The second kappa shape index (κ2) is 7.24. The molecule has 8 nitrogen and oxygen atoms in total. The predicted octanol–water partition coefficient (Wildman–Crippen LogP) is 1.59. The topological polar surface area (TPSA) is 84.2 Å². The molecule has 3 aliphatic rings. The summed E-state index contributed by atoms with van der Waals surface area (Å²) in [7, 11) is 0. The summed E-state index contributed by atoms with van der Waals surface area (Å²) in [4.78, 5) is 30.2. The Morgan fingerprint density at radius 2 is 1.97 bits per heavy atom. The zero-order valence-corrected chi connectivity index (χ0v) is 16.5. The van der Waals surface area contributed by atoms with Gasteiger partial charge in [0.2, 0.25) is 5.91 Å². The third-order valence-electron chi connectivity index (χ3n) is 6.58. The lowest BCUT2D eigenvalue weighted by Gasteiger charge is -2.39. The molecule has 0 N–H and O–H groups in total. The first-order chi connectivity index (χ1) is 14.1. The number of tetrazole rings is 1. The van der Waals surface area contributed by atoms with E-state index < -0.39 is 0 Å². The smallest absolute Gasteiger partial charge is 0.253 e. The van der Waals surface area contributed by atoms with Crippen molar-refractivity contribution in [3.63, 3.8) is 0 Å². The number of piperidine rings is 1. The summed E-state index contributed by atoms with van der Waals surface area (Å²) in [6, 6.07) is 7.58. The maximum Gasteiger partial charge on any atom is 0.253 e. The Morgan fingerprint density at radius 1 is 1.14 bits per heavy atom. The first kappa shape index (κ1) is 18.3. The number of hydrogen-bond donors (Lipinski definition) is 0. The molecule has 0 radical (unpaired) electrons. The Morgan fingerprint density at radius 3 is 2.69 bits per heavy atom. The van der Waals surface area contributed by atoms with E-state index in [1.54, 1.807) is 11.0 Å². The Kier molecular flexibility index (Phi) is 4.56. The second-order valence-electron chi connectivity index (χ2n) is 8.76. The van der Waals surface area contributed by atoms with Crippen LogP contribution in [0.15, 0.2) is 30.6 Å². The number of nitrogens with zero attached hydrogens (tertiary/aromatic N) is 6. The van der Waals surface area contributed by atoms with Crippen LogP contribution in [-0.4, -0.2) is 68.0 Å². The minimum atomic E-state index is -0.358. The van der Waals surface area contributed by atoms with Gasteiger partial charge in [0.1, 0.15) is 6.33 Å². The van der Waals surface area contributed by atoms with Crippen LogP contribution < -0.4 is 0 Å². The lowest BCUT2D eigenvalue weighted by Crippen LogP contribution is -2.50. The molecule has 2 aromatic rings. The van der Waals surface area contributed by atoms with Crippen LogP contribution >= 0.6 is 0 Å². The first-order valence-electron chi connectivity index (χ1n) is 10.5. The highest BCUT2D eigenvalue weighted by Gasteiger charge is 2.49. The number of rotatable bonds is 5. The van der Waals surface area contributed by atoms with Crippen molar-refractivity contribution >= 4 is 11.8 Å². The predicted molar refractivity (Wildman–Crippen MR) is 105 cm³/mol. The fourth-order valence-electron chi connectivity index (χ4n) is 4.74. The van der Waals surface area contributed by atoms with Gasteiger partial charge < -0.3 is 9.80 Å². The van der Waals surface area contributed by atoms with Crippen LogP contribution in [0, 0.1) is 11.3 Å². The summed E-state index contributed by atoms with van der Waals surface area (Å²) in [6.45, 7) is 3.58. The molecule has 1 atom stereocenters. The van der Waals surface area contributed by atoms with Crippen LogP contribution in [0.25, 0.3) is 0 Å². The first-order valence-corrected chi connectivity index (χ1v) is 10.5. The monoisotopic (exact) mass is 394 g/mol. The van der Waals surface area contributed by atoms with E-state index in [1.807, 2.05) is 29.2 Å². The average molecular weight is 394 g/mol. The number of carbonyl (C=O) groups is 2. The third kappa shape index (κ3) is 3.63. The fourth-order valence-corrected chi connectivity index (χ4v) is 4.74. The lowest BCUT2D eigenvalue weighted by molar-refractivity contribution is -0.145. The molecule has 2 amide bonds. The molecule has 1 aromatic heterocycles. The molecule has 152 valence electrons. The van der Waals surface area contributed by atoms with E-state index in [0.717, 1.165) is 37.9 Å². The van der Waals surface area contributed by atoms with Gasteiger partial charge in [0.05, 0.1) is 12.0 Å². The number of amides is 2. The lowest BCUT2D eigenvalue weighted by atomic mass is 9.78. The van der Waals surface area contributed by atoms with Gasteiger partial charge in [0, 0.05) is 31.7 Å². The van der Waals surface area contributed by atoms with Gasteiger partial charge in [-0.1, -0.05) is 12.1 Å². The Hall–Kier alpha value is -2.77. The SMILES string of the molecule is O=C(c1ccc(Cn2cnnn2)cc1)N1CCC2(CCCN(CC3CC3)C2=O)C1. The minimum absolute atomic E-state index is 0.0166. The molecule has 0 bridgehead atoms. The van der Waals surface area contributed by atoms with Gasteiger partial charge in [-0.2, -0.15) is 0 Å². The normalized spacial score (nSPS) is 24.5. The van der Waals surface area contributed by atoms with E-state index in [-0.39, 0.29) is 17.2 Å². The van der Waals surface area contributed by atoms with Gasteiger partial charge in [-0.15, -0.1) is 5.10 Å². The van der Waals surface area contributed by atoms with Crippen molar-refractivity contribution in [2.45, 2.75) is 38.6 Å². The van der Waals surface area contributed by atoms with Crippen LogP contribution in [0.4, 0.5) is 0 Å². The van der Waals surface area contributed by atoms with E-state index >= 15 is 0 Å². The van der Waals surface area contributed by atoms with Crippen LogP contribution in [-0.2, 0) is 11.3 Å². The summed E-state index contributed by atoms with van der Waals surface area (Å²) in [5.41, 5.74) is 1.34. The zero-order chi connectivity index (χ0) is 19.8. The van der Waals surface area contributed by atoms with Crippen molar-refractivity contribution in [2.75, 3.05) is 26.2 Å². The molecule has 1 spiro atoms. The highest BCUT2D eigenvalue weighted by atomic mass is 16.2. The number of aromatic nitrogens is 4. The van der Waals surface area contributed by atoms with Gasteiger partial charge in [-0.3, -0.25) is 9.59 Å². The molecule has 8 heteroatoms. The summed E-state index contributed by atoms with van der Waals surface area (Å²) in [6.07, 6.45) is 6.82. The van der Waals surface area contributed by atoms with Gasteiger partial charge in [-0.25, -0.2) is 4.68 Å². The zero-order valence-electron chi connectivity index (χ0n) is 16.5. The number of carbonyl (C=O) groups excluding carboxylic acids is 2. The summed E-state index contributed by atoms with van der Waals surface area (Å²) in [5.74, 6) is 1.01. The second-order valence-corrected chi connectivity index (χ2v) is 8.76. The Labute approximate surface area is 169 Å². The van der Waals surface area contributed by atoms with Crippen molar-refractivity contribution in [1.82, 2.24) is 30.0 Å². The van der Waals surface area contributed by atoms with E-state index in [0.29, 0.717) is 31.1 Å². The van der Waals surface area contributed by atoms with E-state index in [4.69, 9.17) is 0 Å². The molecule has 2 saturated heterocycles. The maximum atomic E-state index is 13.2. The minimum Gasteiger partial charge on any atom is -0.342 e. The van der Waals surface area contributed by atoms with Gasteiger partial charge in [0.15, 0.2) is 0 Å². The molecule has 1 aliphatic carbocycles. The number of hydrogen-bond acceptors (Lipinski definition) is 5.